The Bertz CT molecular complexity index is 1120. The summed E-state index contributed by atoms with van der Waals surface area (Å²) in [7, 11) is 0. The number of hydrogen-bond acceptors (Lipinski definition) is 3. The second kappa shape index (κ2) is 12.6. The van der Waals surface area contributed by atoms with Gasteiger partial charge in [0.15, 0.2) is 18.2 Å². The summed E-state index contributed by atoms with van der Waals surface area (Å²) in [5, 5.41) is 2.94. The lowest BCUT2D eigenvalue weighted by Gasteiger charge is -2.32. The molecule has 0 aliphatic rings. The molecular weight excluding hydrogens is 450 g/mol. The van der Waals surface area contributed by atoms with Crippen molar-refractivity contribution in [3.05, 3.63) is 102 Å². The van der Waals surface area contributed by atoms with E-state index in [9.17, 15) is 18.4 Å². The van der Waals surface area contributed by atoms with Gasteiger partial charge in [0, 0.05) is 24.6 Å². The third kappa shape index (κ3) is 7.37. The lowest BCUT2D eigenvalue weighted by atomic mass is 10.0. The van der Waals surface area contributed by atoms with Crippen molar-refractivity contribution in [3.63, 3.8) is 0 Å². The van der Waals surface area contributed by atoms with E-state index in [1.165, 1.54) is 29.2 Å². The van der Waals surface area contributed by atoms with Gasteiger partial charge < -0.3 is 15.0 Å². The van der Waals surface area contributed by atoms with Crippen LogP contribution in [0.5, 0.6) is 5.75 Å². The summed E-state index contributed by atoms with van der Waals surface area (Å²) >= 11 is 0. The fourth-order valence-electron chi connectivity index (χ4n) is 3.59. The van der Waals surface area contributed by atoms with Crippen molar-refractivity contribution in [3.8, 4) is 5.75 Å². The maximum atomic E-state index is 14.6. The van der Waals surface area contributed by atoms with E-state index in [1.54, 1.807) is 24.3 Å². The Kier molecular flexibility index (Phi) is 9.35. The summed E-state index contributed by atoms with van der Waals surface area (Å²) in [5.74, 6) is -2.07. The summed E-state index contributed by atoms with van der Waals surface area (Å²) in [6.45, 7) is 3.18. The predicted octanol–water partition coefficient (Wildman–Crippen LogP) is 4.90. The van der Waals surface area contributed by atoms with Gasteiger partial charge in [-0.1, -0.05) is 67.6 Å². The van der Waals surface area contributed by atoms with Crippen molar-refractivity contribution >= 4 is 11.8 Å². The minimum atomic E-state index is -0.928. The maximum Gasteiger partial charge on any atom is 0.261 e. The van der Waals surface area contributed by atoms with E-state index in [4.69, 9.17) is 4.74 Å². The minimum Gasteiger partial charge on any atom is -0.481 e. The molecule has 3 aromatic rings. The van der Waals surface area contributed by atoms with Crippen LogP contribution in [0.2, 0.25) is 0 Å². The van der Waals surface area contributed by atoms with Crippen LogP contribution >= 0.6 is 0 Å². The smallest absolute Gasteiger partial charge is 0.261 e. The van der Waals surface area contributed by atoms with E-state index in [0.717, 1.165) is 5.56 Å². The number of halogens is 2. The monoisotopic (exact) mass is 480 g/mol. The van der Waals surface area contributed by atoms with Gasteiger partial charge in [0.25, 0.3) is 5.91 Å². The average Bonchev–Trinajstić information content (AvgIpc) is 2.87. The predicted molar refractivity (Wildman–Crippen MR) is 131 cm³/mol. The number of hydrogen-bond donors (Lipinski definition) is 1. The number of para-hydroxylation sites is 1. The van der Waals surface area contributed by atoms with Gasteiger partial charge in [-0.2, -0.15) is 0 Å². The first-order valence-electron chi connectivity index (χ1n) is 11.6. The van der Waals surface area contributed by atoms with Gasteiger partial charge in [0.1, 0.15) is 11.9 Å². The Morgan fingerprint density at radius 2 is 1.54 bits per heavy atom. The number of carbonyl (C=O) groups is 2. The molecule has 0 aliphatic carbocycles. The zero-order chi connectivity index (χ0) is 25.2. The van der Waals surface area contributed by atoms with Crippen LogP contribution in [-0.2, 0) is 22.6 Å². The molecule has 0 saturated carbocycles. The number of benzene rings is 3. The fraction of sp³-hybridized carbons (Fsp3) is 0.286. The van der Waals surface area contributed by atoms with E-state index in [2.05, 4.69) is 5.32 Å². The number of nitrogens with zero attached hydrogens (tertiary/aromatic N) is 1. The zero-order valence-corrected chi connectivity index (χ0v) is 19.9. The van der Waals surface area contributed by atoms with Crippen LogP contribution in [0.1, 0.15) is 31.4 Å². The normalized spacial score (nSPS) is 12.5. The first-order valence-corrected chi connectivity index (χ1v) is 11.6. The summed E-state index contributed by atoms with van der Waals surface area (Å²) < 4.78 is 34.0. The summed E-state index contributed by atoms with van der Waals surface area (Å²) in [4.78, 5) is 28.1. The van der Waals surface area contributed by atoms with Crippen LogP contribution in [0.25, 0.3) is 0 Å². The van der Waals surface area contributed by atoms with E-state index in [0.29, 0.717) is 6.42 Å². The Balaban J connectivity index is 1.93. The Labute approximate surface area is 204 Å². The topological polar surface area (TPSA) is 58.6 Å². The van der Waals surface area contributed by atoms with Crippen molar-refractivity contribution in [1.82, 2.24) is 10.2 Å². The molecule has 1 N–H and O–H groups in total. The van der Waals surface area contributed by atoms with Crippen LogP contribution in [0, 0.1) is 11.6 Å². The van der Waals surface area contributed by atoms with Gasteiger partial charge in [-0.15, -0.1) is 0 Å². The molecule has 7 heteroatoms. The van der Waals surface area contributed by atoms with Gasteiger partial charge in [0.05, 0.1) is 0 Å². The highest BCUT2D eigenvalue weighted by atomic mass is 19.1. The number of rotatable bonds is 11. The Morgan fingerprint density at radius 3 is 2.20 bits per heavy atom. The highest BCUT2D eigenvalue weighted by Crippen LogP contribution is 2.19. The molecule has 0 unspecified atom stereocenters. The summed E-state index contributed by atoms with van der Waals surface area (Å²) in [5.41, 5.74) is 1.11. The van der Waals surface area contributed by atoms with Crippen LogP contribution in [0.4, 0.5) is 8.78 Å². The molecule has 35 heavy (non-hydrogen) atoms. The highest BCUT2D eigenvalue weighted by molar-refractivity contribution is 5.88. The molecule has 0 heterocycles. The molecule has 0 radical (unpaired) electrons. The number of nitrogens with one attached hydrogen (secondary N) is 1. The SMILES string of the molecule is CC[C@H](C)NC(=O)[C@@H](Cc1ccccc1)N(Cc1ccccc1F)C(=O)COc1ccccc1F. The van der Waals surface area contributed by atoms with E-state index in [1.807, 2.05) is 44.2 Å². The Hall–Kier alpha value is -3.74. The van der Waals surface area contributed by atoms with E-state index >= 15 is 0 Å². The molecule has 3 rings (SSSR count). The first-order chi connectivity index (χ1) is 16.9. The second-order valence-electron chi connectivity index (χ2n) is 8.36. The molecule has 2 atom stereocenters. The van der Waals surface area contributed by atoms with Crippen LogP contribution in [-0.4, -0.2) is 35.4 Å². The van der Waals surface area contributed by atoms with Gasteiger partial charge in [-0.3, -0.25) is 9.59 Å². The van der Waals surface area contributed by atoms with Gasteiger partial charge in [0.2, 0.25) is 5.91 Å². The molecule has 0 fully saturated rings. The quantitative estimate of drug-likeness (QED) is 0.425. The molecule has 0 aromatic heterocycles. The molecule has 0 saturated heterocycles. The fourth-order valence-corrected chi connectivity index (χ4v) is 3.59. The van der Waals surface area contributed by atoms with Crippen LogP contribution < -0.4 is 10.1 Å². The third-order valence-corrected chi connectivity index (χ3v) is 5.76. The molecule has 0 aliphatic heterocycles. The molecular formula is C28H30F2N2O3. The molecule has 5 nitrogen and oxygen atoms in total. The number of carbonyl (C=O) groups excluding carboxylic acids is 2. The Morgan fingerprint density at radius 1 is 0.914 bits per heavy atom. The first kappa shape index (κ1) is 25.9. The molecule has 3 aromatic carbocycles. The summed E-state index contributed by atoms with van der Waals surface area (Å²) in [6, 6.07) is 20.1. The lowest BCUT2D eigenvalue weighted by Crippen LogP contribution is -2.53. The van der Waals surface area contributed by atoms with Crippen molar-refractivity contribution in [1.29, 1.82) is 0 Å². The maximum absolute atomic E-state index is 14.6. The largest absolute Gasteiger partial charge is 0.481 e. The molecule has 2 amide bonds. The van der Waals surface area contributed by atoms with Gasteiger partial charge >= 0.3 is 0 Å². The third-order valence-electron chi connectivity index (χ3n) is 5.76. The van der Waals surface area contributed by atoms with Crippen LogP contribution in [0.15, 0.2) is 78.9 Å². The van der Waals surface area contributed by atoms with Gasteiger partial charge in [-0.25, -0.2) is 8.78 Å². The van der Waals surface area contributed by atoms with Crippen molar-refractivity contribution < 1.29 is 23.1 Å². The summed E-state index contributed by atoms with van der Waals surface area (Å²) in [6.07, 6.45) is 0.935. The van der Waals surface area contributed by atoms with Crippen molar-refractivity contribution in [2.24, 2.45) is 0 Å². The van der Waals surface area contributed by atoms with E-state index < -0.39 is 30.2 Å². The highest BCUT2D eigenvalue weighted by Gasteiger charge is 2.31. The number of ether oxygens (including phenoxy) is 1. The number of amides is 2. The molecule has 0 spiro atoms. The molecule has 0 bridgehead atoms. The lowest BCUT2D eigenvalue weighted by molar-refractivity contribution is -0.143. The van der Waals surface area contributed by atoms with Gasteiger partial charge in [-0.05, 0) is 37.1 Å². The second-order valence-corrected chi connectivity index (χ2v) is 8.36. The average molecular weight is 481 g/mol. The standard InChI is InChI=1S/C28H30F2N2O3/c1-3-20(2)31-28(34)25(17-21-11-5-4-6-12-21)32(18-22-13-7-8-14-23(22)29)27(33)19-35-26-16-10-9-15-24(26)30/h4-16,20,25H,3,17-19H2,1-2H3,(H,31,34)/t20-,25+/m0/s1. The van der Waals surface area contributed by atoms with Crippen LogP contribution in [0.3, 0.4) is 0 Å². The minimum absolute atomic E-state index is 0.0737. The van der Waals surface area contributed by atoms with Crippen molar-refractivity contribution in [2.45, 2.75) is 45.3 Å². The molecule has 184 valence electrons. The van der Waals surface area contributed by atoms with E-state index in [-0.39, 0.29) is 36.2 Å². The zero-order valence-electron chi connectivity index (χ0n) is 19.9. The van der Waals surface area contributed by atoms with Crippen molar-refractivity contribution in [2.75, 3.05) is 6.61 Å².